The van der Waals surface area contributed by atoms with Crippen LogP contribution in [-0.2, 0) is 4.79 Å². The molecule has 1 aliphatic heterocycles. The fraction of sp³-hybridized carbons (Fsp3) is 0.250. The van der Waals surface area contributed by atoms with Crippen molar-refractivity contribution in [1.82, 2.24) is 0 Å². The van der Waals surface area contributed by atoms with Gasteiger partial charge in [0.25, 0.3) is 5.91 Å². The number of thiophene rings is 1. The first kappa shape index (κ1) is 19.4. The highest BCUT2D eigenvalue weighted by Crippen LogP contribution is 2.42. The molecule has 4 nitrogen and oxygen atoms in total. The quantitative estimate of drug-likeness (QED) is 0.571. The molecule has 29 heavy (non-hydrogen) atoms. The number of anilines is 2. The minimum atomic E-state index is -0.116. The lowest BCUT2D eigenvalue weighted by Crippen LogP contribution is -2.47. The van der Waals surface area contributed by atoms with Crippen LogP contribution in [-0.4, -0.2) is 17.9 Å². The van der Waals surface area contributed by atoms with Crippen molar-refractivity contribution in [1.29, 1.82) is 0 Å². The molecule has 0 saturated carbocycles. The van der Waals surface area contributed by atoms with E-state index in [-0.39, 0.29) is 23.9 Å². The smallest absolute Gasteiger partial charge is 0.268 e. The van der Waals surface area contributed by atoms with Crippen molar-refractivity contribution in [2.45, 2.75) is 39.3 Å². The zero-order valence-electron chi connectivity index (χ0n) is 16.8. The minimum absolute atomic E-state index is 0.00291. The highest BCUT2D eigenvalue weighted by molar-refractivity contribution is 7.14. The van der Waals surface area contributed by atoms with Crippen molar-refractivity contribution in [3.63, 3.8) is 0 Å². The van der Waals surface area contributed by atoms with Crippen LogP contribution in [0.4, 0.5) is 11.4 Å². The first-order valence-corrected chi connectivity index (χ1v) is 10.6. The molecule has 0 fully saturated rings. The number of amides is 2. The topological polar surface area (TPSA) is 40.6 Å². The van der Waals surface area contributed by atoms with Crippen molar-refractivity contribution in [2.75, 3.05) is 9.80 Å². The minimum Gasteiger partial charge on any atom is -0.305 e. The van der Waals surface area contributed by atoms with Crippen LogP contribution in [0, 0.1) is 6.92 Å². The van der Waals surface area contributed by atoms with Crippen LogP contribution in [0.3, 0.4) is 0 Å². The molecule has 2 heterocycles. The number of hydrogen-bond acceptors (Lipinski definition) is 3. The van der Waals surface area contributed by atoms with Crippen LogP contribution >= 0.6 is 11.3 Å². The van der Waals surface area contributed by atoms with Crippen molar-refractivity contribution in [3.8, 4) is 0 Å². The summed E-state index contributed by atoms with van der Waals surface area (Å²) in [5, 5.41) is 0. The molecule has 1 aromatic heterocycles. The van der Waals surface area contributed by atoms with Gasteiger partial charge in [0, 0.05) is 29.2 Å². The van der Waals surface area contributed by atoms with E-state index < -0.39 is 0 Å². The Bertz CT molecular complexity index is 1040. The van der Waals surface area contributed by atoms with Gasteiger partial charge >= 0.3 is 0 Å². The number of nitrogens with zero attached hydrogens (tertiary/aromatic N) is 2. The molecule has 0 bridgehead atoms. The lowest BCUT2D eigenvalue weighted by atomic mass is 9.89. The Labute approximate surface area is 175 Å². The predicted molar refractivity (Wildman–Crippen MR) is 119 cm³/mol. The van der Waals surface area contributed by atoms with E-state index in [0.717, 1.165) is 26.7 Å². The van der Waals surface area contributed by atoms with Crippen LogP contribution < -0.4 is 9.80 Å². The van der Waals surface area contributed by atoms with Gasteiger partial charge in [0.05, 0.1) is 10.9 Å². The lowest BCUT2D eigenvalue weighted by molar-refractivity contribution is -0.117. The summed E-state index contributed by atoms with van der Waals surface area (Å²) in [7, 11) is 0. The molecular weight excluding hydrogens is 380 g/mol. The van der Waals surface area contributed by atoms with Crippen molar-refractivity contribution >= 4 is 34.5 Å². The largest absolute Gasteiger partial charge is 0.305 e. The van der Waals surface area contributed by atoms with Gasteiger partial charge in [-0.05, 0) is 56.2 Å². The third kappa shape index (κ3) is 3.58. The molecule has 3 aromatic rings. The Morgan fingerprint density at radius 1 is 1.00 bits per heavy atom. The maximum atomic E-state index is 13.3. The summed E-state index contributed by atoms with van der Waals surface area (Å²) >= 11 is 1.52. The SMILES string of the molecule is CC(=O)N(c1ccccc1)C1CC(C)N(C(=O)c2ccc(C)s2)c2ccccc21. The highest BCUT2D eigenvalue weighted by atomic mass is 32.1. The van der Waals surface area contributed by atoms with Gasteiger partial charge in [-0.15, -0.1) is 11.3 Å². The molecule has 2 amide bonds. The number of carbonyl (C=O) groups is 2. The molecule has 2 atom stereocenters. The zero-order valence-corrected chi connectivity index (χ0v) is 17.6. The van der Waals surface area contributed by atoms with Crippen LogP contribution in [0.25, 0.3) is 0 Å². The number of hydrogen-bond donors (Lipinski definition) is 0. The molecule has 1 aliphatic rings. The number of carbonyl (C=O) groups excluding carboxylic acids is 2. The van der Waals surface area contributed by atoms with Crippen LogP contribution in [0.15, 0.2) is 66.7 Å². The Balaban J connectivity index is 1.78. The van der Waals surface area contributed by atoms with Crippen molar-refractivity contribution in [3.05, 3.63) is 82.0 Å². The monoisotopic (exact) mass is 404 g/mol. The molecular formula is C24H24N2O2S. The van der Waals surface area contributed by atoms with Gasteiger partial charge in [-0.25, -0.2) is 0 Å². The first-order chi connectivity index (χ1) is 14.0. The zero-order chi connectivity index (χ0) is 20.5. The van der Waals surface area contributed by atoms with E-state index in [9.17, 15) is 9.59 Å². The van der Waals surface area contributed by atoms with E-state index in [1.54, 1.807) is 6.92 Å². The summed E-state index contributed by atoms with van der Waals surface area (Å²) in [6.45, 7) is 5.67. The van der Waals surface area contributed by atoms with E-state index in [0.29, 0.717) is 6.42 Å². The van der Waals surface area contributed by atoms with Crippen LogP contribution in [0.1, 0.15) is 46.4 Å². The Hall–Kier alpha value is -2.92. The van der Waals surface area contributed by atoms with Gasteiger partial charge in [0.1, 0.15) is 0 Å². The summed E-state index contributed by atoms with van der Waals surface area (Å²) in [5.41, 5.74) is 2.77. The van der Waals surface area contributed by atoms with Gasteiger partial charge in [0.2, 0.25) is 5.91 Å². The molecule has 0 aliphatic carbocycles. The summed E-state index contributed by atoms with van der Waals surface area (Å²) in [6.07, 6.45) is 0.682. The van der Waals surface area contributed by atoms with E-state index >= 15 is 0 Å². The molecule has 148 valence electrons. The molecule has 0 saturated heterocycles. The molecule has 0 radical (unpaired) electrons. The van der Waals surface area contributed by atoms with Gasteiger partial charge in [-0.1, -0.05) is 36.4 Å². The van der Waals surface area contributed by atoms with Gasteiger partial charge in [-0.3, -0.25) is 9.59 Å². The maximum absolute atomic E-state index is 13.3. The third-order valence-electron chi connectivity index (χ3n) is 5.42. The third-order valence-corrected chi connectivity index (χ3v) is 6.40. The van der Waals surface area contributed by atoms with Crippen molar-refractivity contribution in [2.24, 2.45) is 0 Å². The van der Waals surface area contributed by atoms with Gasteiger partial charge < -0.3 is 9.80 Å². The first-order valence-electron chi connectivity index (χ1n) is 9.81. The number of para-hydroxylation sites is 2. The summed E-state index contributed by atoms with van der Waals surface area (Å²) in [5.74, 6) is 0.0208. The highest BCUT2D eigenvalue weighted by Gasteiger charge is 2.38. The molecule has 2 unspecified atom stereocenters. The Morgan fingerprint density at radius 2 is 1.69 bits per heavy atom. The van der Waals surface area contributed by atoms with E-state index in [1.165, 1.54) is 11.3 Å². The van der Waals surface area contributed by atoms with Crippen molar-refractivity contribution < 1.29 is 9.59 Å². The maximum Gasteiger partial charge on any atom is 0.268 e. The Morgan fingerprint density at radius 3 is 2.34 bits per heavy atom. The second kappa shape index (κ2) is 7.84. The molecule has 0 N–H and O–H groups in total. The summed E-state index contributed by atoms with van der Waals surface area (Å²) in [6, 6.07) is 21.4. The fourth-order valence-electron chi connectivity index (χ4n) is 4.17. The van der Waals surface area contributed by atoms with Crippen LogP contribution in [0.2, 0.25) is 0 Å². The number of rotatable bonds is 3. The predicted octanol–water partition coefficient (Wildman–Crippen LogP) is 5.59. The summed E-state index contributed by atoms with van der Waals surface area (Å²) < 4.78 is 0. The van der Waals surface area contributed by atoms with E-state index in [1.807, 2.05) is 83.5 Å². The molecule has 0 spiro atoms. The number of benzene rings is 2. The van der Waals surface area contributed by atoms with Gasteiger partial charge in [-0.2, -0.15) is 0 Å². The second-order valence-electron chi connectivity index (χ2n) is 7.47. The molecule has 5 heteroatoms. The Kier molecular flexibility index (Phi) is 5.24. The average molecular weight is 405 g/mol. The molecule has 2 aromatic carbocycles. The number of aryl methyl sites for hydroxylation is 1. The summed E-state index contributed by atoms with van der Waals surface area (Å²) in [4.78, 5) is 31.6. The van der Waals surface area contributed by atoms with E-state index in [4.69, 9.17) is 0 Å². The van der Waals surface area contributed by atoms with E-state index in [2.05, 4.69) is 6.92 Å². The number of fused-ring (bicyclic) bond motifs is 1. The fourth-order valence-corrected chi connectivity index (χ4v) is 4.98. The molecule has 4 rings (SSSR count). The normalized spacial score (nSPS) is 18.2. The van der Waals surface area contributed by atoms with Crippen LogP contribution in [0.5, 0.6) is 0 Å². The average Bonchev–Trinajstić information content (AvgIpc) is 3.15. The van der Waals surface area contributed by atoms with Gasteiger partial charge in [0.15, 0.2) is 0 Å². The standard InChI is InChI=1S/C24H24N2O2S/c1-16-15-22(26(18(3)27)19-9-5-4-6-10-19)20-11-7-8-12-21(20)25(16)24(28)23-14-13-17(2)29-23/h4-14,16,22H,15H2,1-3H3. The second-order valence-corrected chi connectivity index (χ2v) is 8.76. The lowest BCUT2D eigenvalue weighted by Gasteiger charge is -2.43.